The normalized spacial score (nSPS) is 21.1. The van der Waals surface area contributed by atoms with Crippen molar-refractivity contribution >= 4 is 13.3 Å². The second-order valence-electron chi connectivity index (χ2n) is 5.41. The van der Waals surface area contributed by atoms with Crippen LogP contribution in [0.25, 0.3) is 0 Å². The zero-order valence-electron chi connectivity index (χ0n) is 14.6. The number of ether oxygens (including phenoxy) is 2. The Balaban J connectivity index is 2.63. The Hall–Kier alpha value is -1.73. The van der Waals surface area contributed by atoms with Gasteiger partial charge in [-0.2, -0.15) is 0 Å². The summed E-state index contributed by atoms with van der Waals surface area (Å²) in [5.74, 6) is -0.252. The van der Waals surface area contributed by atoms with E-state index in [2.05, 4.69) is 0 Å². The lowest BCUT2D eigenvalue weighted by molar-refractivity contribution is -0.385. The zero-order chi connectivity index (χ0) is 18.6. The van der Waals surface area contributed by atoms with Crippen molar-refractivity contribution in [3.8, 4) is 0 Å². The first kappa shape index (κ1) is 19.6. The molecule has 1 heterocycles. The molecule has 0 bridgehead atoms. The van der Waals surface area contributed by atoms with Crippen LogP contribution in [-0.4, -0.2) is 32.0 Å². The molecule has 0 saturated heterocycles. The van der Waals surface area contributed by atoms with Gasteiger partial charge in [-0.3, -0.25) is 14.7 Å². The van der Waals surface area contributed by atoms with Gasteiger partial charge in [-0.1, -0.05) is 18.2 Å². The summed E-state index contributed by atoms with van der Waals surface area (Å²) in [6.45, 7) is 3.88. The molecule has 1 aromatic rings. The quantitative estimate of drug-likeness (QED) is 0.403. The van der Waals surface area contributed by atoms with E-state index in [1.54, 1.807) is 25.1 Å². The standard InChI is InChI=1S/C16H22NO7P/c1-5-23-15-10-13(12-8-6-7-9-14(12)17(18)19)16(11(2)24-15)25(20,21-3)22-4/h6-9,13,15H,5,10H2,1-4H3/t13-,15-/m0/s1. The van der Waals surface area contributed by atoms with Crippen molar-refractivity contribution in [2.24, 2.45) is 0 Å². The molecule has 1 aromatic carbocycles. The number of allylic oxidation sites excluding steroid dienone is 2. The third-order valence-electron chi connectivity index (χ3n) is 4.06. The van der Waals surface area contributed by atoms with E-state index < -0.39 is 24.7 Å². The molecule has 9 heteroatoms. The Bertz CT molecular complexity index is 710. The molecule has 0 aliphatic carbocycles. The molecule has 2 atom stereocenters. The van der Waals surface area contributed by atoms with Crippen LogP contribution in [0.1, 0.15) is 31.7 Å². The van der Waals surface area contributed by atoms with Crippen molar-refractivity contribution < 1.29 is 28.0 Å². The minimum absolute atomic E-state index is 0.0614. The smallest absolute Gasteiger partial charge is 0.360 e. The average Bonchev–Trinajstić information content (AvgIpc) is 2.61. The molecule has 0 spiro atoms. The molecule has 0 unspecified atom stereocenters. The maximum absolute atomic E-state index is 13.1. The summed E-state index contributed by atoms with van der Waals surface area (Å²) >= 11 is 0. The summed E-state index contributed by atoms with van der Waals surface area (Å²) in [6.07, 6.45) is -0.331. The predicted molar refractivity (Wildman–Crippen MR) is 91.3 cm³/mol. The van der Waals surface area contributed by atoms with Crippen molar-refractivity contribution in [2.75, 3.05) is 20.8 Å². The van der Waals surface area contributed by atoms with Gasteiger partial charge in [0, 0.05) is 44.8 Å². The van der Waals surface area contributed by atoms with Gasteiger partial charge >= 0.3 is 7.60 Å². The van der Waals surface area contributed by atoms with E-state index in [1.165, 1.54) is 20.3 Å². The van der Waals surface area contributed by atoms with Crippen molar-refractivity contribution in [3.63, 3.8) is 0 Å². The first-order valence-corrected chi connectivity index (χ1v) is 9.36. The number of nitro groups is 1. The van der Waals surface area contributed by atoms with E-state index in [4.69, 9.17) is 18.5 Å². The Morgan fingerprint density at radius 1 is 1.32 bits per heavy atom. The molecule has 0 radical (unpaired) electrons. The van der Waals surface area contributed by atoms with Crippen molar-refractivity contribution in [3.05, 3.63) is 51.0 Å². The molecule has 0 N–H and O–H groups in total. The molecular formula is C16H22NO7P. The highest BCUT2D eigenvalue weighted by molar-refractivity contribution is 7.58. The maximum Gasteiger partial charge on any atom is 0.360 e. The van der Waals surface area contributed by atoms with Crippen LogP contribution < -0.4 is 0 Å². The van der Waals surface area contributed by atoms with E-state index in [9.17, 15) is 14.7 Å². The lowest BCUT2D eigenvalue weighted by Gasteiger charge is -2.34. The zero-order valence-corrected chi connectivity index (χ0v) is 15.5. The molecule has 8 nitrogen and oxygen atoms in total. The lowest BCUT2D eigenvalue weighted by Crippen LogP contribution is -2.27. The van der Waals surface area contributed by atoms with Crippen LogP contribution in [0.2, 0.25) is 0 Å². The summed E-state index contributed by atoms with van der Waals surface area (Å²) < 4.78 is 34.5. The van der Waals surface area contributed by atoms with Crippen molar-refractivity contribution in [2.45, 2.75) is 32.5 Å². The maximum atomic E-state index is 13.1. The highest BCUT2D eigenvalue weighted by atomic mass is 31.2. The van der Waals surface area contributed by atoms with Gasteiger partial charge in [-0.15, -0.1) is 0 Å². The van der Waals surface area contributed by atoms with Gasteiger partial charge < -0.3 is 18.5 Å². The van der Waals surface area contributed by atoms with Gasteiger partial charge in [-0.05, 0) is 13.8 Å². The number of hydrogen-bond acceptors (Lipinski definition) is 7. The van der Waals surface area contributed by atoms with Crippen LogP contribution in [0.4, 0.5) is 5.69 Å². The minimum atomic E-state index is -3.65. The predicted octanol–water partition coefficient (Wildman–Crippen LogP) is 4.18. The highest BCUT2D eigenvalue weighted by Gasteiger charge is 2.44. The highest BCUT2D eigenvalue weighted by Crippen LogP contribution is 2.63. The SMILES string of the molecule is CCO[C@@H]1C[C@@H](c2ccccc2[N+](=O)[O-])C(P(=O)(OC)OC)=C(C)O1. The number of para-hydroxylation sites is 1. The average molecular weight is 371 g/mol. The topological polar surface area (TPSA) is 97.1 Å². The van der Waals surface area contributed by atoms with Crippen molar-refractivity contribution in [1.29, 1.82) is 0 Å². The van der Waals surface area contributed by atoms with E-state index in [0.717, 1.165) is 0 Å². The number of benzene rings is 1. The molecule has 25 heavy (non-hydrogen) atoms. The third-order valence-corrected chi connectivity index (χ3v) is 6.24. The monoisotopic (exact) mass is 371 g/mol. The van der Waals surface area contributed by atoms with Gasteiger partial charge in [0.1, 0.15) is 5.76 Å². The first-order valence-electron chi connectivity index (χ1n) is 7.82. The van der Waals surface area contributed by atoms with Gasteiger partial charge in [0.05, 0.1) is 10.2 Å². The Labute approximate surface area is 146 Å². The van der Waals surface area contributed by atoms with Crippen LogP contribution in [0, 0.1) is 10.1 Å². The number of hydrogen-bond donors (Lipinski definition) is 0. The van der Waals surface area contributed by atoms with Crippen LogP contribution >= 0.6 is 7.60 Å². The van der Waals surface area contributed by atoms with Crippen LogP contribution in [0.3, 0.4) is 0 Å². The Morgan fingerprint density at radius 3 is 2.52 bits per heavy atom. The summed E-state index contributed by atoms with van der Waals surface area (Å²) in [7, 11) is -1.11. The molecule has 0 fully saturated rings. The van der Waals surface area contributed by atoms with Gasteiger partial charge in [0.2, 0.25) is 0 Å². The molecule has 2 rings (SSSR count). The molecule has 138 valence electrons. The second-order valence-corrected chi connectivity index (χ2v) is 7.62. The number of rotatable bonds is 7. The molecule has 0 amide bonds. The van der Waals surface area contributed by atoms with E-state index >= 15 is 0 Å². The fraction of sp³-hybridized carbons (Fsp3) is 0.500. The van der Waals surface area contributed by atoms with Crippen LogP contribution in [0.15, 0.2) is 35.3 Å². The molecule has 1 aliphatic heterocycles. The largest absolute Gasteiger partial charge is 0.469 e. The fourth-order valence-corrected chi connectivity index (χ4v) is 4.63. The summed E-state index contributed by atoms with van der Waals surface area (Å²) in [5.41, 5.74) is 0.359. The lowest BCUT2D eigenvalue weighted by atomic mass is 9.91. The van der Waals surface area contributed by atoms with Gasteiger partial charge in [0.15, 0.2) is 6.29 Å². The molecule has 0 aromatic heterocycles. The summed E-state index contributed by atoms with van der Waals surface area (Å²) in [4.78, 5) is 11.0. The fourth-order valence-electron chi connectivity index (χ4n) is 3.02. The minimum Gasteiger partial charge on any atom is -0.469 e. The second kappa shape index (κ2) is 8.10. The Morgan fingerprint density at radius 2 is 1.96 bits per heavy atom. The summed E-state index contributed by atoms with van der Waals surface area (Å²) in [5, 5.41) is 11.7. The van der Waals surface area contributed by atoms with Crippen LogP contribution in [-0.2, 0) is 23.1 Å². The van der Waals surface area contributed by atoms with E-state index in [1.807, 2.05) is 6.92 Å². The number of nitrogens with zero attached hydrogens (tertiary/aromatic N) is 1. The van der Waals surface area contributed by atoms with Gasteiger partial charge in [0.25, 0.3) is 5.69 Å². The summed E-state index contributed by atoms with van der Waals surface area (Å²) in [6, 6.07) is 6.34. The Kier molecular flexibility index (Phi) is 6.35. The van der Waals surface area contributed by atoms with Crippen molar-refractivity contribution in [1.82, 2.24) is 0 Å². The molecule has 1 aliphatic rings. The number of nitro benzene ring substituents is 1. The molecule has 0 saturated carbocycles. The molecular weight excluding hydrogens is 349 g/mol. The van der Waals surface area contributed by atoms with E-state index in [-0.39, 0.29) is 17.4 Å². The van der Waals surface area contributed by atoms with Gasteiger partial charge in [-0.25, -0.2) is 0 Å². The third kappa shape index (κ3) is 3.93. The van der Waals surface area contributed by atoms with Crippen LogP contribution in [0.5, 0.6) is 0 Å². The first-order chi connectivity index (χ1) is 11.9. The van der Waals surface area contributed by atoms with E-state index in [0.29, 0.717) is 17.9 Å².